The minimum Gasteiger partial charge on any atom is -0.488 e. The number of hydrazone groups is 1. The number of rotatable bonds is 8. The fraction of sp³-hybridized carbons (Fsp3) is 0.0526. The Morgan fingerprint density at radius 3 is 2.67 bits per heavy atom. The fourth-order valence-corrected chi connectivity index (χ4v) is 3.13. The van der Waals surface area contributed by atoms with Crippen LogP contribution >= 0.6 is 22.6 Å². The van der Waals surface area contributed by atoms with Gasteiger partial charge in [-0.3, -0.25) is 25.7 Å². The maximum absolute atomic E-state index is 11.0. The third-order valence-electron chi connectivity index (χ3n) is 3.84. The SMILES string of the molecule is O=[N+]([O-])c1cccc(COc2ccc(/C=N\Nc3ncccc3[N+](=O)[O-])cc2I)c1. The minimum atomic E-state index is -0.540. The Morgan fingerprint density at radius 1 is 1.10 bits per heavy atom. The van der Waals surface area contributed by atoms with Crippen molar-refractivity contribution < 1.29 is 14.6 Å². The number of nitrogens with one attached hydrogen (secondary N) is 1. The predicted molar refractivity (Wildman–Crippen MR) is 119 cm³/mol. The van der Waals surface area contributed by atoms with E-state index in [0.717, 1.165) is 9.13 Å². The second-order valence-corrected chi connectivity index (χ2v) is 7.07. The topological polar surface area (TPSA) is 133 Å². The van der Waals surface area contributed by atoms with Crippen molar-refractivity contribution in [2.45, 2.75) is 6.61 Å². The zero-order valence-corrected chi connectivity index (χ0v) is 17.4. The first-order valence-corrected chi connectivity index (χ1v) is 9.56. The van der Waals surface area contributed by atoms with Crippen molar-refractivity contribution in [1.82, 2.24) is 4.98 Å². The third kappa shape index (κ3) is 5.47. The van der Waals surface area contributed by atoms with Gasteiger partial charge in [0.1, 0.15) is 12.4 Å². The van der Waals surface area contributed by atoms with Crippen LogP contribution in [0.5, 0.6) is 5.75 Å². The summed E-state index contributed by atoms with van der Waals surface area (Å²) in [5.74, 6) is 0.665. The molecule has 10 nitrogen and oxygen atoms in total. The predicted octanol–water partition coefficient (Wildman–Crippen LogP) is 4.53. The number of halogens is 1. The summed E-state index contributed by atoms with van der Waals surface area (Å²) in [5.41, 5.74) is 3.84. The van der Waals surface area contributed by atoms with Crippen LogP contribution in [0.1, 0.15) is 11.1 Å². The van der Waals surface area contributed by atoms with Crippen LogP contribution in [-0.4, -0.2) is 21.0 Å². The van der Waals surface area contributed by atoms with Gasteiger partial charge in [-0.15, -0.1) is 0 Å². The van der Waals surface area contributed by atoms with Crippen molar-refractivity contribution in [2.75, 3.05) is 5.43 Å². The highest BCUT2D eigenvalue weighted by Crippen LogP contribution is 2.24. The van der Waals surface area contributed by atoms with Crippen LogP contribution in [-0.2, 0) is 6.61 Å². The number of aromatic nitrogens is 1. The van der Waals surface area contributed by atoms with Gasteiger partial charge >= 0.3 is 5.69 Å². The van der Waals surface area contributed by atoms with Crippen molar-refractivity contribution in [3.63, 3.8) is 0 Å². The Morgan fingerprint density at radius 2 is 1.93 bits per heavy atom. The molecule has 0 aliphatic rings. The molecular weight excluding hydrogens is 505 g/mol. The quantitative estimate of drug-likeness (QED) is 0.200. The number of hydrogen-bond acceptors (Lipinski definition) is 8. The molecular formula is C19H14IN5O5. The van der Waals surface area contributed by atoms with Gasteiger partial charge in [0.25, 0.3) is 5.69 Å². The Bertz CT molecular complexity index is 1120. The molecule has 0 bridgehead atoms. The lowest BCUT2D eigenvalue weighted by Crippen LogP contribution is -2.00. The second-order valence-electron chi connectivity index (χ2n) is 5.90. The van der Waals surface area contributed by atoms with E-state index in [1.165, 1.54) is 36.7 Å². The van der Waals surface area contributed by atoms with Gasteiger partial charge in [0.05, 0.1) is 19.6 Å². The number of pyridine rings is 1. The summed E-state index contributed by atoms with van der Waals surface area (Å²) < 4.78 is 6.56. The Labute approximate surface area is 184 Å². The molecule has 1 aromatic heterocycles. The van der Waals surface area contributed by atoms with E-state index in [1.54, 1.807) is 24.3 Å². The van der Waals surface area contributed by atoms with E-state index in [9.17, 15) is 20.2 Å². The van der Waals surface area contributed by atoms with Gasteiger partial charge in [-0.1, -0.05) is 12.1 Å². The molecule has 0 atom stereocenters. The summed E-state index contributed by atoms with van der Waals surface area (Å²) in [4.78, 5) is 24.7. The number of benzene rings is 2. The molecule has 0 saturated carbocycles. The average molecular weight is 519 g/mol. The lowest BCUT2D eigenvalue weighted by Gasteiger charge is -2.09. The molecule has 152 valence electrons. The summed E-state index contributed by atoms with van der Waals surface area (Å²) >= 11 is 2.11. The molecule has 2 aromatic carbocycles. The maximum Gasteiger partial charge on any atom is 0.313 e. The van der Waals surface area contributed by atoms with E-state index >= 15 is 0 Å². The Kier molecular flexibility index (Phi) is 6.85. The standard InChI is InChI=1S/C19H14IN5O5/c20-16-10-13(11-22-23-19-17(25(28)29)5-2-8-21-19)6-7-18(16)30-12-14-3-1-4-15(9-14)24(26)27/h1-11H,12H2,(H,21,23)/b22-11-. The molecule has 1 N–H and O–H groups in total. The van der Waals surface area contributed by atoms with Crippen LogP contribution in [0.4, 0.5) is 17.2 Å². The molecule has 3 rings (SSSR count). The van der Waals surface area contributed by atoms with Crippen molar-refractivity contribution in [2.24, 2.45) is 5.10 Å². The van der Waals surface area contributed by atoms with Gasteiger partial charge in [0.2, 0.25) is 5.82 Å². The van der Waals surface area contributed by atoms with E-state index in [-0.39, 0.29) is 23.8 Å². The van der Waals surface area contributed by atoms with Gasteiger partial charge in [0, 0.05) is 24.4 Å². The van der Waals surface area contributed by atoms with Crippen LogP contribution in [0.3, 0.4) is 0 Å². The van der Waals surface area contributed by atoms with Crippen molar-refractivity contribution >= 4 is 46.0 Å². The molecule has 0 amide bonds. The third-order valence-corrected chi connectivity index (χ3v) is 4.68. The van der Waals surface area contributed by atoms with Crippen LogP contribution < -0.4 is 10.2 Å². The van der Waals surface area contributed by atoms with Crippen molar-refractivity contribution in [3.05, 3.63) is 95.7 Å². The van der Waals surface area contributed by atoms with Gasteiger partial charge in [0.15, 0.2) is 0 Å². The minimum absolute atomic E-state index is 0.0120. The summed E-state index contributed by atoms with van der Waals surface area (Å²) in [5, 5.41) is 25.8. The molecule has 0 aliphatic carbocycles. The number of nitro benzene ring substituents is 1. The number of non-ortho nitro benzene ring substituents is 1. The molecule has 0 radical (unpaired) electrons. The summed E-state index contributed by atoms with van der Waals surface area (Å²) in [6.07, 6.45) is 2.94. The number of nitrogens with zero attached hydrogens (tertiary/aromatic N) is 4. The molecule has 0 fully saturated rings. The van der Waals surface area contributed by atoms with Gasteiger partial charge in [-0.25, -0.2) is 4.98 Å². The molecule has 30 heavy (non-hydrogen) atoms. The van der Waals surface area contributed by atoms with Crippen LogP contribution in [0.25, 0.3) is 0 Å². The Hall–Kier alpha value is -3.61. The van der Waals surface area contributed by atoms with Gasteiger partial charge in [-0.2, -0.15) is 5.10 Å². The number of hydrogen-bond donors (Lipinski definition) is 1. The first kappa shape index (κ1) is 21.1. The zero-order chi connectivity index (χ0) is 21.5. The first-order chi connectivity index (χ1) is 14.4. The fourth-order valence-electron chi connectivity index (χ4n) is 2.43. The highest BCUT2D eigenvalue weighted by atomic mass is 127. The van der Waals surface area contributed by atoms with Crippen LogP contribution in [0, 0.1) is 23.8 Å². The van der Waals surface area contributed by atoms with Gasteiger partial charge < -0.3 is 4.74 Å². The second kappa shape index (κ2) is 9.73. The molecule has 0 aliphatic heterocycles. The molecule has 0 saturated heterocycles. The normalized spacial score (nSPS) is 10.7. The van der Waals surface area contributed by atoms with Crippen LogP contribution in [0.15, 0.2) is 65.9 Å². The van der Waals surface area contributed by atoms with E-state index in [2.05, 4.69) is 38.1 Å². The molecule has 3 aromatic rings. The number of anilines is 1. The highest BCUT2D eigenvalue weighted by molar-refractivity contribution is 14.1. The van der Waals surface area contributed by atoms with E-state index in [1.807, 2.05) is 6.07 Å². The maximum atomic E-state index is 11.0. The number of ether oxygens (including phenoxy) is 1. The largest absolute Gasteiger partial charge is 0.488 e. The summed E-state index contributed by atoms with van der Waals surface area (Å²) in [6.45, 7) is 0.190. The number of nitro groups is 2. The molecule has 1 heterocycles. The highest BCUT2D eigenvalue weighted by Gasteiger charge is 2.13. The summed E-state index contributed by atoms with van der Waals surface area (Å²) in [6, 6.07) is 14.4. The van der Waals surface area contributed by atoms with Crippen LogP contribution in [0.2, 0.25) is 0 Å². The first-order valence-electron chi connectivity index (χ1n) is 8.48. The van der Waals surface area contributed by atoms with Crippen molar-refractivity contribution in [1.29, 1.82) is 0 Å². The van der Waals surface area contributed by atoms with E-state index < -0.39 is 9.85 Å². The van der Waals surface area contributed by atoms with E-state index in [0.29, 0.717) is 11.3 Å². The lowest BCUT2D eigenvalue weighted by molar-refractivity contribution is -0.385. The molecule has 11 heteroatoms. The monoisotopic (exact) mass is 519 g/mol. The van der Waals surface area contributed by atoms with E-state index in [4.69, 9.17) is 4.74 Å². The average Bonchev–Trinajstić information content (AvgIpc) is 2.73. The van der Waals surface area contributed by atoms with Crippen molar-refractivity contribution in [3.8, 4) is 5.75 Å². The Balaban J connectivity index is 1.64. The summed E-state index contributed by atoms with van der Waals surface area (Å²) in [7, 11) is 0. The lowest BCUT2D eigenvalue weighted by atomic mass is 10.2. The molecule has 0 unspecified atom stereocenters. The smallest absolute Gasteiger partial charge is 0.313 e. The molecule has 0 spiro atoms. The zero-order valence-electron chi connectivity index (χ0n) is 15.3. The van der Waals surface area contributed by atoms with Gasteiger partial charge in [-0.05, 0) is 58.0 Å².